The van der Waals surface area contributed by atoms with Crippen molar-refractivity contribution in [1.82, 2.24) is 4.90 Å². The van der Waals surface area contributed by atoms with Gasteiger partial charge in [-0.2, -0.15) is 0 Å². The maximum Gasteiger partial charge on any atom is 0.126 e. The molecule has 0 saturated heterocycles. The van der Waals surface area contributed by atoms with Crippen LogP contribution in [0.25, 0.3) is 11.1 Å². The molecule has 0 radical (unpaired) electrons. The molecular weight excluding hydrogens is 274 g/mol. The van der Waals surface area contributed by atoms with E-state index in [1.165, 1.54) is 24.0 Å². The highest BCUT2D eigenvalue weighted by Gasteiger charge is 2.28. The van der Waals surface area contributed by atoms with Crippen LogP contribution in [0.5, 0.6) is 5.75 Å². The van der Waals surface area contributed by atoms with E-state index in [0.29, 0.717) is 6.04 Å². The van der Waals surface area contributed by atoms with Crippen molar-refractivity contribution in [3.05, 3.63) is 54.1 Å². The van der Waals surface area contributed by atoms with Crippen molar-refractivity contribution in [1.29, 1.82) is 0 Å². The zero-order valence-corrected chi connectivity index (χ0v) is 13.0. The molecule has 1 aliphatic carbocycles. The molecule has 0 amide bonds. The number of ether oxygens (including phenoxy) is 1. The van der Waals surface area contributed by atoms with E-state index in [2.05, 4.69) is 35.2 Å². The standard InChI is InChI=1S/C19H23NO2/c1-22-19-5-3-2-4-18(19)16-8-6-15(7-9-16)14-20(12-13-21)17-10-11-17/h2-9,17,21H,10-14H2,1H3. The van der Waals surface area contributed by atoms with Crippen LogP contribution in [0.3, 0.4) is 0 Å². The topological polar surface area (TPSA) is 32.7 Å². The lowest BCUT2D eigenvalue weighted by atomic mass is 10.0. The highest BCUT2D eigenvalue weighted by Crippen LogP contribution is 2.31. The van der Waals surface area contributed by atoms with Gasteiger partial charge in [-0.25, -0.2) is 0 Å². The molecule has 1 aliphatic rings. The molecule has 116 valence electrons. The van der Waals surface area contributed by atoms with Crippen LogP contribution in [0.15, 0.2) is 48.5 Å². The fourth-order valence-electron chi connectivity index (χ4n) is 2.87. The lowest BCUT2D eigenvalue weighted by Gasteiger charge is -2.21. The van der Waals surface area contributed by atoms with E-state index in [0.717, 1.165) is 24.4 Å². The van der Waals surface area contributed by atoms with Crippen molar-refractivity contribution < 1.29 is 9.84 Å². The summed E-state index contributed by atoms with van der Waals surface area (Å²) >= 11 is 0. The Hall–Kier alpha value is -1.84. The van der Waals surface area contributed by atoms with Crippen molar-refractivity contribution in [2.45, 2.75) is 25.4 Å². The number of hydrogen-bond acceptors (Lipinski definition) is 3. The van der Waals surface area contributed by atoms with E-state index >= 15 is 0 Å². The van der Waals surface area contributed by atoms with E-state index in [1.807, 2.05) is 18.2 Å². The minimum absolute atomic E-state index is 0.232. The van der Waals surface area contributed by atoms with E-state index < -0.39 is 0 Å². The van der Waals surface area contributed by atoms with Gasteiger partial charge in [0.1, 0.15) is 5.75 Å². The molecule has 1 fully saturated rings. The minimum atomic E-state index is 0.232. The molecule has 0 aromatic heterocycles. The summed E-state index contributed by atoms with van der Waals surface area (Å²) in [6.07, 6.45) is 2.53. The number of benzene rings is 2. The first-order valence-corrected chi connectivity index (χ1v) is 7.89. The molecule has 0 bridgehead atoms. The summed E-state index contributed by atoms with van der Waals surface area (Å²) < 4.78 is 5.43. The molecule has 0 spiro atoms. The minimum Gasteiger partial charge on any atom is -0.496 e. The molecule has 0 unspecified atom stereocenters. The van der Waals surface area contributed by atoms with E-state index in [1.54, 1.807) is 7.11 Å². The Morgan fingerprint density at radius 1 is 1.09 bits per heavy atom. The van der Waals surface area contributed by atoms with Crippen molar-refractivity contribution in [3.63, 3.8) is 0 Å². The number of nitrogens with zero attached hydrogens (tertiary/aromatic N) is 1. The Morgan fingerprint density at radius 2 is 1.82 bits per heavy atom. The van der Waals surface area contributed by atoms with Gasteiger partial charge >= 0.3 is 0 Å². The summed E-state index contributed by atoms with van der Waals surface area (Å²) in [5, 5.41) is 9.19. The molecular formula is C19H23NO2. The zero-order chi connectivity index (χ0) is 15.4. The molecule has 1 saturated carbocycles. The first-order valence-electron chi connectivity index (χ1n) is 7.89. The molecule has 0 aliphatic heterocycles. The third-order valence-electron chi connectivity index (χ3n) is 4.21. The summed E-state index contributed by atoms with van der Waals surface area (Å²) in [4.78, 5) is 2.37. The van der Waals surface area contributed by atoms with Gasteiger partial charge < -0.3 is 9.84 Å². The van der Waals surface area contributed by atoms with Crippen LogP contribution in [-0.2, 0) is 6.54 Å². The first kappa shape index (κ1) is 15.1. The second kappa shape index (κ2) is 6.95. The quantitative estimate of drug-likeness (QED) is 0.851. The Kier molecular flexibility index (Phi) is 4.76. The van der Waals surface area contributed by atoms with Crippen LogP contribution in [0.1, 0.15) is 18.4 Å². The predicted molar refractivity (Wildman–Crippen MR) is 88.9 cm³/mol. The van der Waals surface area contributed by atoms with Gasteiger partial charge in [0, 0.05) is 24.7 Å². The summed E-state index contributed by atoms with van der Waals surface area (Å²) in [5.74, 6) is 0.898. The van der Waals surface area contributed by atoms with Crippen LogP contribution in [0.2, 0.25) is 0 Å². The summed E-state index contributed by atoms with van der Waals surface area (Å²) in [7, 11) is 1.70. The van der Waals surface area contributed by atoms with E-state index in [4.69, 9.17) is 4.74 Å². The van der Waals surface area contributed by atoms with Gasteiger partial charge in [0.25, 0.3) is 0 Å². The summed E-state index contributed by atoms with van der Waals surface area (Å²) in [5.41, 5.74) is 3.58. The molecule has 3 rings (SSSR count). The number of methoxy groups -OCH3 is 1. The second-order valence-electron chi connectivity index (χ2n) is 5.82. The number of aliphatic hydroxyl groups excluding tert-OH is 1. The fraction of sp³-hybridized carbons (Fsp3) is 0.368. The molecule has 3 heteroatoms. The average Bonchev–Trinajstić information content (AvgIpc) is 3.40. The number of hydrogen-bond donors (Lipinski definition) is 1. The van der Waals surface area contributed by atoms with Crippen LogP contribution in [0.4, 0.5) is 0 Å². The average molecular weight is 297 g/mol. The van der Waals surface area contributed by atoms with Gasteiger partial charge in [-0.3, -0.25) is 4.90 Å². The number of aliphatic hydroxyl groups is 1. The fourth-order valence-corrected chi connectivity index (χ4v) is 2.87. The predicted octanol–water partition coefficient (Wildman–Crippen LogP) is 3.32. The summed E-state index contributed by atoms with van der Waals surface area (Å²) in [6.45, 7) is 1.91. The molecule has 1 N–H and O–H groups in total. The SMILES string of the molecule is COc1ccccc1-c1ccc(CN(CCO)C2CC2)cc1. The van der Waals surface area contributed by atoms with Gasteiger partial charge in [0.2, 0.25) is 0 Å². The normalized spacial score (nSPS) is 14.3. The van der Waals surface area contributed by atoms with Crippen molar-refractivity contribution in [2.75, 3.05) is 20.3 Å². The number of rotatable bonds is 7. The Bertz CT molecular complexity index is 605. The monoisotopic (exact) mass is 297 g/mol. The van der Waals surface area contributed by atoms with Gasteiger partial charge in [-0.1, -0.05) is 42.5 Å². The largest absolute Gasteiger partial charge is 0.496 e. The lowest BCUT2D eigenvalue weighted by molar-refractivity contribution is 0.183. The van der Waals surface area contributed by atoms with Crippen LogP contribution >= 0.6 is 0 Å². The molecule has 2 aromatic rings. The molecule has 22 heavy (non-hydrogen) atoms. The Balaban J connectivity index is 1.74. The van der Waals surface area contributed by atoms with E-state index in [-0.39, 0.29) is 6.61 Å². The van der Waals surface area contributed by atoms with Crippen molar-refractivity contribution >= 4 is 0 Å². The van der Waals surface area contributed by atoms with Crippen LogP contribution in [-0.4, -0.2) is 36.3 Å². The maximum absolute atomic E-state index is 9.19. The van der Waals surface area contributed by atoms with Gasteiger partial charge in [-0.15, -0.1) is 0 Å². The number of para-hydroxylation sites is 1. The second-order valence-corrected chi connectivity index (χ2v) is 5.82. The smallest absolute Gasteiger partial charge is 0.126 e. The van der Waals surface area contributed by atoms with E-state index in [9.17, 15) is 5.11 Å². The third-order valence-corrected chi connectivity index (χ3v) is 4.21. The molecule has 2 aromatic carbocycles. The Labute approximate surface area is 132 Å². The van der Waals surface area contributed by atoms with Crippen LogP contribution in [0, 0.1) is 0 Å². The molecule has 0 heterocycles. The van der Waals surface area contributed by atoms with Crippen molar-refractivity contribution in [3.8, 4) is 16.9 Å². The third kappa shape index (κ3) is 3.49. The highest BCUT2D eigenvalue weighted by atomic mass is 16.5. The van der Waals surface area contributed by atoms with Gasteiger partial charge in [0.05, 0.1) is 13.7 Å². The van der Waals surface area contributed by atoms with Crippen molar-refractivity contribution in [2.24, 2.45) is 0 Å². The maximum atomic E-state index is 9.19. The summed E-state index contributed by atoms with van der Waals surface area (Å²) in [6, 6.07) is 17.4. The molecule has 3 nitrogen and oxygen atoms in total. The zero-order valence-electron chi connectivity index (χ0n) is 13.0. The van der Waals surface area contributed by atoms with Gasteiger partial charge in [0.15, 0.2) is 0 Å². The highest BCUT2D eigenvalue weighted by molar-refractivity contribution is 5.70. The lowest BCUT2D eigenvalue weighted by Crippen LogP contribution is -2.28. The first-order chi connectivity index (χ1) is 10.8. The van der Waals surface area contributed by atoms with Gasteiger partial charge in [-0.05, 0) is 30.0 Å². The van der Waals surface area contributed by atoms with Crippen LogP contribution < -0.4 is 4.74 Å². The Morgan fingerprint density at radius 3 is 2.45 bits per heavy atom. The molecule has 0 atom stereocenters.